The number of aliphatic hydroxyl groups excluding tert-OH is 2. The number of phosphoric ester groups is 1. The number of quaternary nitrogens is 1. The summed E-state index contributed by atoms with van der Waals surface area (Å²) in [4.78, 5) is 22.3. The predicted octanol–water partition coefficient (Wildman–Crippen LogP) is -2.60. The van der Waals surface area contributed by atoms with Crippen molar-refractivity contribution in [3.63, 3.8) is 0 Å². The summed E-state index contributed by atoms with van der Waals surface area (Å²) in [5, 5.41) is 16.3. The second-order valence-electron chi connectivity index (χ2n) is 4.44. The van der Waals surface area contributed by atoms with Crippen LogP contribution in [0.4, 0.5) is 0 Å². The largest absolute Gasteiger partial charge is 0.756 e. The first kappa shape index (κ1) is 20.2. The molecule has 0 aromatic carbocycles. The van der Waals surface area contributed by atoms with Crippen LogP contribution >= 0.6 is 7.82 Å². The van der Waals surface area contributed by atoms with Crippen molar-refractivity contribution in [2.24, 2.45) is 5.90 Å². The van der Waals surface area contributed by atoms with Crippen LogP contribution in [-0.2, 0) is 13.9 Å². The zero-order valence-corrected chi connectivity index (χ0v) is 11.7. The predicted molar refractivity (Wildman–Crippen MR) is 61.9 cm³/mol. The third-order valence-electron chi connectivity index (χ3n) is 1.62. The number of aliphatic hydroxyl groups is 2. The Morgan fingerprint density at radius 1 is 1.33 bits per heavy atom. The maximum atomic E-state index is 10.1. The van der Waals surface area contributed by atoms with Crippen LogP contribution in [0.15, 0.2) is 0 Å². The van der Waals surface area contributed by atoms with Crippen LogP contribution in [0.25, 0.3) is 0 Å². The standard InChI is InChI=1S/C5H14NO4P.C3H9NO3/c1-6(2,3)4-5-10-11(7,8)9;4-7-3(1-5)2-6/h4-5H2,1-3H3,(H-,7,8,9);3,5-6H,1-2,4H2. The number of likely N-dealkylation sites (N-methyl/N-ethyl adjacent to an activating group) is 1. The van der Waals surface area contributed by atoms with Gasteiger partial charge in [0.05, 0.1) is 34.4 Å². The molecule has 9 nitrogen and oxygen atoms in total. The highest BCUT2D eigenvalue weighted by Crippen LogP contribution is 2.29. The molecule has 0 fully saturated rings. The minimum Gasteiger partial charge on any atom is -0.756 e. The van der Waals surface area contributed by atoms with Gasteiger partial charge in [-0.3, -0.25) is 9.40 Å². The Balaban J connectivity index is 0. The lowest BCUT2D eigenvalue weighted by Crippen LogP contribution is -2.37. The van der Waals surface area contributed by atoms with Crippen LogP contribution in [0, 0.1) is 0 Å². The van der Waals surface area contributed by atoms with E-state index >= 15 is 0 Å². The van der Waals surface area contributed by atoms with Crippen LogP contribution in [0.1, 0.15) is 0 Å². The van der Waals surface area contributed by atoms with Gasteiger partial charge in [-0.15, -0.1) is 0 Å². The summed E-state index contributed by atoms with van der Waals surface area (Å²) in [7, 11) is 1.19. The first-order valence-electron chi connectivity index (χ1n) is 5.11. The van der Waals surface area contributed by atoms with Gasteiger partial charge in [0, 0.05) is 0 Å². The van der Waals surface area contributed by atoms with Crippen LogP contribution in [-0.4, -0.2) is 73.2 Å². The van der Waals surface area contributed by atoms with Crippen molar-refractivity contribution in [3.8, 4) is 0 Å². The monoisotopic (exact) mass is 290 g/mol. The summed E-state index contributed by atoms with van der Waals surface area (Å²) >= 11 is 0. The Morgan fingerprint density at radius 2 is 1.78 bits per heavy atom. The van der Waals surface area contributed by atoms with Crippen molar-refractivity contribution in [3.05, 3.63) is 0 Å². The molecule has 0 aromatic rings. The smallest absolute Gasteiger partial charge is 0.265 e. The van der Waals surface area contributed by atoms with Crippen molar-refractivity contribution in [1.29, 1.82) is 0 Å². The van der Waals surface area contributed by atoms with Gasteiger partial charge in [0.2, 0.25) is 0 Å². The molecule has 0 aliphatic carbocycles. The summed E-state index contributed by atoms with van der Waals surface area (Å²) in [5.41, 5.74) is 0. The molecule has 18 heavy (non-hydrogen) atoms. The molecule has 0 aromatic heterocycles. The minimum atomic E-state index is -4.51. The average molecular weight is 290 g/mol. The average Bonchev–Trinajstić information content (AvgIpc) is 2.17. The van der Waals surface area contributed by atoms with Crippen molar-refractivity contribution >= 4 is 7.82 Å². The molecule has 0 saturated carbocycles. The molecule has 112 valence electrons. The van der Waals surface area contributed by atoms with E-state index in [1.807, 2.05) is 21.1 Å². The molecule has 5 N–H and O–H groups in total. The number of rotatable bonds is 7. The van der Waals surface area contributed by atoms with E-state index in [0.29, 0.717) is 11.0 Å². The highest BCUT2D eigenvalue weighted by atomic mass is 31.2. The number of hydrogen-bond donors (Lipinski definition) is 4. The molecular weight excluding hydrogens is 267 g/mol. The summed E-state index contributed by atoms with van der Waals surface area (Å²) in [6.45, 7) is 0.0631. The second-order valence-corrected chi connectivity index (χ2v) is 5.63. The molecule has 0 amide bonds. The van der Waals surface area contributed by atoms with E-state index in [1.54, 1.807) is 0 Å². The molecule has 0 spiro atoms. The van der Waals surface area contributed by atoms with Gasteiger partial charge >= 0.3 is 0 Å². The fourth-order valence-corrected chi connectivity index (χ4v) is 0.886. The SMILES string of the molecule is C[N+](C)(C)CCOP(=O)([O-])O.NOC(CO)CO. The van der Waals surface area contributed by atoms with Crippen molar-refractivity contribution < 1.29 is 38.4 Å². The van der Waals surface area contributed by atoms with E-state index in [-0.39, 0.29) is 19.8 Å². The maximum absolute atomic E-state index is 10.1. The van der Waals surface area contributed by atoms with Crippen LogP contribution < -0.4 is 10.8 Å². The molecule has 0 aliphatic heterocycles. The zero-order valence-electron chi connectivity index (χ0n) is 10.9. The summed E-state index contributed by atoms with van der Waals surface area (Å²) in [6, 6.07) is 0. The summed E-state index contributed by atoms with van der Waals surface area (Å²) in [5.74, 6) is 4.57. The maximum Gasteiger partial charge on any atom is 0.265 e. The third-order valence-corrected chi connectivity index (χ3v) is 2.13. The number of phosphoric acid groups is 1. The number of nitrogens with zero attached hydrogens (tertiary/aromatic N) is 1. The highest BCUT2D eigenvalue weighted by Gasteiger charge is 2.08. The quantitative estimate of drug-likeness (QED) is 0.227. The van der Waals surface area contributed by atoms with Crippen LogP contribution in [0.3, 0.4) is 0 Å². The van der Waals surface area contributed by atoms with E-state index in [0.717, 1.165) is 0 Å². The molecule has 0 bridgehead atoms. The fraction of sp³-hybridized carbons (Fsp3) is 1.00. The van der Waals surface area contributed by atoms with E-state index in [2.05, 4.69) is 15.3 Å². The van der Waals surface area contributed by atoms with Crippen LogP contribution in [0.2, 0.25) is 0 Å². The molecular formula is C8H23N2O7P. The molecule has 0 radical (unpaired) electrons. The molecule has 1 unspecified atom stereocenters. The van der Waals surface area contributed by atoms with Crippen molar-refractivity contribution in [1.82, 2.24) is 0 Å². The molecule has 0 heterocycles. The topological polar surface area (TPSA) is 145 Å². The lowest BCUT2D eigenvalue weighted by Gasteiger charge is -2.25. The van der Waals surface area contributed by atoms with Gasteiger partial charge in [0.25, 0.3) is 7.82 Å². The fourth-order valence-electron chi connectivity index (χ4n) is 0.574. The highest BCUT2D eigenvalue weighted by molar-refractivity contribution is 7.44. The lowest BCUT2D eigenvalue weighted by atomic mass is 10.4. The van der Waals surface area contributed by atoms with Gasteiger partial charge < -0.3 is 29.0 Å². The van der Waals surface area contributed by atoms with E-state index in [1.165, 1.54) is 0 Å². The molecule has 0 aliphatic rings. The molecule has 0 saturated heterocycles. The van der Waals surface area contributed by atoms with Gasteiger partial charge in [-0.1, -0.05) is 0 Å². The van der Waals surface area contributed by atoms with Gasteiger partial charge in [-0.2, -0.15) is 0 Å². The van der Waals surface area contributed by atoms with Crippen molar-refractivity contribution in [2.45, 2.75) is 6.10 Å². The molecule has 10 heteroatoms. The Labute approximate surface area is 107 Å². The lowest BCUT2D eigenvalue weighted by molar-refractivity contribution is -0.870. The van der Waals surface area contributed by atoms with Crippen molar-refractivity contribution in [2.75, 3.05) is 47.5 Å². The van der Waals surface area contributed by atoms with Crippen LogP contribution in [0.5, 0.6) is 0 Å². The number of hydrogen-bond acceptors (Lipinski definition) is 7. The Hall–Kier alpha value is -0.0900. The van der Waals surface area contributed by atoms with E-state index in [9.17, 15) is 9.46 Å². The molecule has 1 atom stereocenters. The first-order valence-corrected chi connectivity index (χ1v) is 6.61. The van der Waals surface area contributed by atoms with E-state index < -0.39 is 13.9 Å². The Morgan fingerprint density at radius 3 is 1.94 bits per heavy atom. The summed E-state index contributed by atoms with van der Waals surface area (Å²) in [6.07, 6.45) is -0.625. The first-order chi connectivity index (χ1) is 8.05. The zero-order chi connectivity index (χ0) is 14.8. The third kappa shape index (κ3) is 18.3. The van der Waals surface area contributed by atoms with Gasteiger partial charge in [-0.05, 0) is 0 Å². The Kier molecular flexibility index (Phi) is 11.0. The van der Waals surface area contributed by atoms with Gasteiger partial charge in [0.15, 0.2) is 0 Å². The molecule has 0 rings (SSSR count). The minimum absolute atomic E-state index is 0.0147. The van der Waals surface area contributed by atoms with Gasteiger partial charge in [0.1, 0.15) is 19.3 Å². The van der Waals surface area contributed by atoms with E-state index in [4.69, 9.17) is 15.1 Å². The summed E-state index contributed by atoms with van der Waals surface area (Å²) < 4.78 is 14.8. The number of nitrogens with two attached hydrogens (primary N) is 1. The normalized spacial score (nSPS) is 14.9. The van der Waals surface area contributed by atoms with Gasteiger partial charge in [-0.25, -0.2) is 5.90 Å². The second kappa shape index (κ2) is 9.79. The Bertz CT molecular complexity index is 231.